The van der Waals surface area contributed by atoms with Gasteiger partial charge in [0.15, 0.2) is 0 Å². The molecular formula is C20H27N5O2. The van der Waals surface area contributed by atoms with Crippen LogP contribution >= 0.6 is 0 Å². The summed E-state index contributed by atoms with van der Waals surface area (Å²) in [6.07, 6.45) is 3.35. The minimum absolute atomic E-state index is 0.0161. The zero-order chi connectivity index (χ0) is 19.4. The van der Waals surface area contributed by atoms with E-state index in [2.05, 4.69) is 20.2 Å². The predicted octanol–water partition coefficient (Wildman–Crippen LogP) is 2.80. The van der Waals surface area contributed by atoms with Crippen molar-refractivity contribution in [1.29, 1.82) is 0 Å². The van der Waals surface area contributed by atoms with E-state index in [1.165, 1.54) is 0 Å². The first-order valence-corrected chi connectivity index (χ1v) is 9.11. The van der Waals surface area contributed by atoms with E-state index in [1.807, 2.05) is 56.3 Å². The Kier molecular flexibility index (Phi) is 5.48. The molecule has 1 aromatic carbocycles. The van der Waals surface area contributed by atoms with Crippen molar-refractivity contribution in [2.45, 2.75) is 19.8 Å². The van der Waals surface area contributed by atoms with Gasteiger partial charge in [0, 0.05) is 45.0 Å². The van der Waals surface area contributed by atoms with Gasteiger partial charge in [-0.2, -0.15) is 0 Å². The minimum Gasteiger partial charge on any atom is -0.497 e. The summed E-state index contributed by atoms with van der Waals surface area (Å²) in [5.74, 6) is 2.45. The molecule has 2 aromatic rings. The predicted molar refractivity (Wildman–Crippen MR) is 108 cm³/mol. The number of benzene rings is 1. The molecule has 0 bridgehead atoms. The van der Waals surface area contributed by atoms with Gasteiger partial charge in [-0.05, 0) is 31.9 Å². The normalized spacial score (nSPS) is 19.5. The Hall–Kier alpha value is -2.83. The second-order valence-corrected chi connectivity index (χ2v) is 7.40. The first kappa shape index (κ1) is 18.9. The highest BCUT2D eigenvalue weighted by Gasteiger charge is 2.38. The smallest absolute Gasteiger partial charge is 0.232 e. The van der Waals surface area contributed by atoms with Gasteiger partial charge in [-0.25, -0.2) is 9.97 Å². The molecule has 1 fully saturated rings. The molecular weight excluding hydrogens is 342 g/mol. The van der Waals surface area contributed by atoms with Gasteiger partial charge >= 0.3 is 0 Å². The fraction of sp³-hybridized carbons (Fsp3) is 0.450. The van der Waals surface area contributed by atoms with E-state index >= 15 is 0 Å². The maximum Gasteiger partial charge on any atom is 0.232 e. The topological polar surface area (TPSA) is 70.6 Å². The fourth-order valence-electron chi connectivity index (χ4n) is 3.36. The molecule has 1 aliphatic rings. The lowest BCUT2D eigenvalue weighted by Crippen LogP contribution is -2.48. The number of nitrogens with zero attached hydrogens (tertiary/aromatic N) is 4. The average molecular weight is 369 g/mol. The van der Waals surface area contributed by atoms with Gasteiger partial charge in [-0.1, -0.05) is 6.07 Å². The van der Waals surface area contributed by atoms with Crippen LogP contribution < -0.4 is 19.9 Å². The van der Waals surface area contributed by atoms with Crippen molar-refractivity contribution >= 4 is 23.2 Å². The van der Waals surface area contributed by atoms with Crippen LogP contribution in [0.4, 0.5) is 17.3 Å². The Balaban J connectivity index is 1.75. The Labute approximate surface area is 160 Å². The van der Waals surface area contributed by atoms with Crippen LogP contribution in [0.2, 0.25) is 0 Å². The highest BCUT2D eigenvalue weighted by Crippen LogP contribution is 2.33. The number of hydrogen-bond acceptors (Lipinski definition) is 6. The number of methoxy groups -OCH3 is 1. The number of anilines is 3. The average Bonchev–Trinajstić information content (AvgIpc) is 2.68. The van der Waals surface area contributed by atoms with Crippen LogP contribution in [0.15, 0.2) is 36.7 Å². The molecule has 144 valence electrons. The summed E-state index contributed by atoms with van der Waals surface area (Å²) in [6, 6.07) is 9.39. The molecule has 0 aliphatic carbocycles. The van der Waals surface area contributed by atoms with Crippen LogP contribution in [0, 0.1) is 5.41 Å². The largest absolute Gasteiger partial charge is 0.497 e. The minimum atomic E-state index is -0.495. The van der Waals surface area contributed by atoms with Crippen LogP contribution in [0.25, 0.3) is 0 Å². The summed E-state index contributed by atoms with van der Waals surface area (Å²) in [4.78, 5) is 25.8. The van der Waals surface area contributed by atoms with Gasteiger partial charge < -0.3 is 19.9 Å². The Morgan fingerprint density at radius 2 is 2.11 bits per heavy atom. The number of piperidine rings is 1. The fourth-order valence-corrected chi connectivity index (χ4v) is 3.36. The molecule has 2 heterocycles. The molecule has 1 aromatic heterocycles. The third-order valence-electron chi connectivity index (χ3n) is 4.99. The summed E-state index contributed by atoms with van der Waals surface area (Å²) in [5.41, 5.74) is 0.250. The van der Waals surface area contributed by atoms with Crippen LogP contribution in [0.3, 0.4) is 0 Å². The van der Waals surface area contributed by atoms with Gasteiger partial charge in [0.1, 0.15) is 23.7 Å². The van der Waals surface area contributed by atoms with Crippen molar-refractivity contribution in [3.63, 3.8) is 0 Å². The number of ether oxygens (including phenoxy) is 1. The SMILES string of the molecule is COc1cccc(NC(=O)[C@@]2(C)CCCN(c3cc(N(C)C)ncn3)C2)c1. The Bertz CT molecular complexity index is 810. The number of hydrogen-bond donors (Lipinski definition) is 1. The maximum absolute atomic E-state index is 13.0. The number of carbonyl (C=O) groups excluding carboxylic acids is 1. The van der Waals surface area contributed by atoms with Crippen LogP contribution in [-0.4, -0.2) is 50.2 Å². The van der Waals surface area contributed by atoms with Gasteiger partial charge in [0.05, 0.1) is 12.5 Å². The number of rotatable bonds is 5. The molecule has 0 radical (unpaired) electrons. The second-order valence-electron chi connectivity index (χ2n) is 7.40. The van der Waals surface area contributed by atoms with Gasteiger partial charge in [0.25, 0.3) is 0 Å². The number of aromatic nitrogens is 2. The van der Waals surface area contributed by atoms with Crippen molar-refractivity contribution in [2.75, 3.05) is 49.4 Å². The molecule has 1 saturated heterocycles. The zero-order valence-electron chi connectivity index (χ0n) is 16.4. The molecule has 1 N–H and O–H groups in total. The summed E-state index contributed by atoms with van der Waals surface area (Å²) < 4.78 is 5.23. The molecule has 3 rings (SSSR count). The first-order valence-electron chi connectivity index (χ1n) is 9.11. The lowest BCUT2D eigenvalue weighted by Gasteiger charge is -2.40. The van der Waals surface area contributed by atoms with Gasteiger partial charge in [-0.3, -0.25) is 4.79 Å². The molecule has 7 heteroatoms. The zero-order valence-corrected chi connectivity index (χ0v) is 16.4. The monoisotopic (exact) mass is 369 g/mol. The third kappa shape index (κ3) is 4.30. The summed E-state index contributed by atoms with van der Waals surface area (Å²) in [5, 5.41) is 3.04. The van der Waals surface area contributed by atoms with E-state index < -0.39 is 5.41 Å². The summed E-state index contributed by atoms with van der Waals surface area (Å²) in [7, 11) is 5.52. The lowest BCUT2D eigenvalue weighted by atomic mass is 9.81. The van der Waals surface area contributed by atoms with Crippen molar-refractivity contribution in [2.24, 2.45) is 5.41 Å². The molecule has 1 aliphatic heterocycles. The molecule has 0 saturated carbocycles. The molecule has 7 nitrogen and oxygen atoms in total. The Morgan fingerprint density at radius 3 is 2.85 bits per heavy atom. The van der Waals surface area contributed by atoms with Crippen molar-refractivity contribution in [3.8, 4) is 5.75 Å². The number of nitrogens with one attached hydrogen (secondary N) is 1. The van der Waals surface area contributed by atoms with Gasteiger partial charge in [0.2, 0.25) is 5.91 Å². The second kappa shape index (κ2) is 7.82. The van der Waals surface area contributed by atoms with E-state index in [0.29, 0.717) is 6.54 Å². The van der Waals surface area contributed by atoms with Crippen molar-refractivity contribution in [3.05, 3.63) is 36.7 Å². The highest BCUT2D eigenvalue weighted by atomic mass is 16.5. The third-order valence-corrected chi connectivity index (χ3v) is 4.99. The summed E-state index contributed by atoms with van der Waals surface area (Å²) >= 11 is 0. The molecule has 1 amide bonds. The van der Waals surface area contributed by atoms with E-state index in [4.69, 9.17) is 4.74 Å². The van der Waals surface area contributed by atoms with Gasteiger partial charge in [-0.15, -0.1) is 0 Å². The lowest BCUT2D eigenvalue weighted by molar-refractivity contribution is -0.125. The van der Waals surface area contributed by atoms with Crippen molar-refractivity contribution in [1.82, 2.24) is 9.97 Å². The molecule has 27 heavy (non-hydrogen) atoms. The van der Waals surface area contributed by atoms with Crippen LogP contribution in [0.5, 0.6) is 5.75 Å². The first-order chi connectivity index (χ1) is 12.9. The molecule has 0 unspecified atom stereocenters. The molecule has 0 spiro atoms. The Morgan fingerprint density at radius 1 is 1.30 bits per heavy atom. The van der Waals surface area contributed by atoms with E-state index in [-0.39, 0.29) is 5.91 Å². The molecule has 1 atom stereocenters. The summed E-state index contributed by atoms with van der Waals surface area (Å²) in [6.45, 7) is 3.52. The van der Waals surface area contributed by atoms with Crippen LogP contribution in [-0.2, 0) is 4.79 Å². The highest BCUT2D eigenvalue weighted by molar-refractivity contribution is 5.95. The van der Waals surface area contributed by atoms with E-state index in [9.17, 15) is 4.79 Å². The van der Waals surface area contributed by atoms with E-state index in [1.54, 1.807) is 13.4 Å². The number of amides is 1. The van der Waals surface area contributed by atoms with E-state index in [0.717, 1.165) is 42.5 Å². The standard InChI is InChI=1S/C20H27N5O2/c1-20(19(26)23-15-7-5-8-16(11-15)27-4)9-6-10-25(13-20)18-12-17(24(2)3)21-14-22-18/h5,7-8,11-12,14H,6,9-10,13H2,1-4H3,(H,23,26)/t20-/m0/s1. The maximum atomic E-state index is 13.0. The van der Waals surface area contributed by atoms with Crippen molar-refractivity contribution < 1.29 is 9.53 Å². The van der Waals surface area contributed by atoms with Crippen LogP contribution in [0.1, 0.15) is 19.8 Å². The number of carbonyl (C=O) groups is 1. The quantitative estimate of drug-likeness (QED) is 0.874.